The van der Waals surface area contributed by atoms with E-state index in [2.05, 4.69) is 9.97 Å². The van der Waals surface area contributed by atoms with Gasteiger partial charge in [-0.2, -0.15) is 0 Å². The molecule has 0 unspecified atom stereocenters. The Kier molecular flexibility index (Phi) is 3.86. The monoisotopic (exact) mass is 301 g/mol. The number of anilines is 2. The van der Waals surface area contributed by atoms with Gasteiger partial charge < -0.3 is 15.5 Å². The van der Waals surface area contributed by atoms with Gasteiger partial charge >= 0.3 is 0 Å². The van der Waals surface area contributed by atoms with Crippen molar-refractivity contribution in [2.24, 2.45) is 0 Å². The lowest BCUT2D eigenvalue weighted by Crippen LogP contribution is -2.49. The molecule has 1 aliphatic heterocycles. The van der Waals surface area contributed by atoms with Gasteiger partial charge in [-0.15, -0.1) is 0 Å². The van der Waals surface area contributed by atoms with Gasteiger partial charge in [-0.25, -0.2) is 9.37 Å². The number of carbonyl (C=O) groups excluding carboxylic acids is 1. The summed E-state index contributed by atoms with van der Waals surface area (Å²) in [5.41, 5.74) is 6.55. The van der Waals surface area contributed by atoms with Crippen LogP contribution in [0, 0.1) is 5.82 Å². The zero-order valence-electron chi connectivity index (χ0n) is 11.9. The van der Waals surface area contributed by atoms with Gasteiger partial charge in [-0.05, 0) is 24.3 Å². The van der Waals surface area contributed by atoms with Crippen LogP contribution >= 0.6 is 0 Å². The smallest absolute Gasteiger partial charge is 0.272 e. The van der Waals surface area contributed by atoms with Crippen LogP contribution in [0.1, 0.15) is 10.5 Å². The van der Waals surface area contributed by atoms with Crippen LogP contribution in [0.15, 0.2) is 36.7 Å². The molecule has 3 heterocycles. The second kappa shape index (κ2) is 5.97. The quantitative estimate of drug-likeness (QED) is 0.901. The van der Waals surface area contributed by atoms with Crippen molar-refractivity contribution in [2.75, 3.05) is 36.8 Å². The molecule has 2 N–H and O–H groups in total. The first kappa shape index (κ1) is 14.2. The molecule has 2 aromatic rings. The predicted molar refractivity (Wildman–Crippen MR) is 81.0 cm³/mol. The Labute approximate surface area is 127 Å². The van der Waals surface area contributed by atoms with E-state index in [1.807, 2.05) is 4.90 Å². The lowest BCUT2D eigenvalue weighted by Gasteiger charge is -2.35. The molecular weight excluding hydrogens is 285 g/mol. The number of piperazine rings is 1. The second-order valence-corrected chi connectivity index (χ2v) is 5.09. The number of rotatable bonds is 2. The van der Waals surface area contributed by atoms with Crippen molar-refractivity contribution in [3.63, 3.8) is 0 Å². The number of nitrogens with two attached hydrogens (primary N) is 1. The fourth-order valence-electron chi connectivity index (χ4n) is 2.42. The van der Waals surface area contributed by atoms with Crippen LogP contribution in [-0.4, -0.2) is 47.0 Å². The Morgan fingerprint density at radius 1 is 1.14 bits per heavy atom. The Bertz CT molecular complexity index is 668. The maximum Gasteiger partial charge on any atom is 0.272 e. The average molecular weight is 301 g/mol. The molecule has 1 amide bonds. The molecule has 2 aromatic heterocycles. The maximum absolute atomic E-state index is 12.9. The van der Waals surface area contributed by atoms with E-state index in [1.54, 1.807) is 23.1 Å². The summed E-state index contributed by atoms with van der Waals surface area (Å²) in [6, 6.07) is 6.26. The molecule has 3 rings (SSSR count). The highest BCUT2D eigenvalue weighted by Gasteiger charge is 2.23. The van der Waals surface area contributed by atoms with E-state index >= 15 is 0 Å². The minimum absolute atomic E-state index is 0.126. The first-order valence-electron chi connectivity index (χ1n) is 7.01. The molecular formula is C15H16FN5O. The van der Waals surface area contributed by atoms with Crippen molar-refractivity contribution >= 4 is 17.4 Å². The number of nitrogen functional groups attached to an aromatic ring is 1. The van der Waals surface area contributed by atoms with Crippen LogP contribution in [0.3, 0.4) is 0 Å². The molecule has 0 aliphatic carbocycles. The van der Waals surface area contributed by atoms with Gasteiger partial charge in [-0.1, -0.05) is 0 Å². The molecule has 1 saturated heterocycles. The van der Waals surface area contributed by atoms with Gasteiger partial charge in [-0.3, -0.25) is 9.78 Å². The summed E-state index contributed by atoms with van der Waals surface area (Å²) >= 11 is 0. The van der Waals surface area contributed by atoms with Gasteiger partial charge in [0.1, 0.15) is 17.3 Å². The van der Waals surface area contributed by atoms with Crippen molar-refractivity contribution in [1.29, 1.82) is 0 Å². The Balaban J connectivity index is 1.64. The van der Waals surface area contributed by atoms with Gasteiger partial charge in [0.15, 0.2) is 0 Å². The third-order valence-corrected chi connectivity index (χ3v) is 3.61. The second-order valence-electron chi connectivity index (χ2n) is 5.09. The SMILES string of the molecule is Nc1ccnc(C(=O)N2CCN(c3ccc(F)cn3)CC2)c1. The number of nitrogens with zero attached hydrogens (tertiary/aromatic N) is 4. The maximum atomic E-state index is 12.9. The molecule has 0 atom stereocenters. The minimum Gasteiger partial charge on any atom is -0.399 e. The van der Waals surface area contributed by atoms with Crippen LogP contribution in [0.5, 0.6) is 0 Å². The van der Waals surface area contributed by atoms with Crippen LogP contribution in [0.4, 0.5) is 15.9 Å². The molecule has 0 radical (unpaired) electrons. The summed E-state index contributed by atoms with van der Waals surface area (Å²) in [5.74, 6) is 0.236. The highest BCUT2D eigenvalue weighted by atomic mass is 19.1. The number of aromatic nitrogens is 2. The van der Waals surface area contributed by atoms with Gasteiger partial charge in [0, 0.05) is 38.1 Å². The molecule has 0 aromatic carbocycles. The molecule has 0 bridgehead atoms. The van der Waals surface area contributed by atoms with Crippen molar-refractivity contribution in [2.45, 2.75) is 0 Å². The van der Waals surface area contributed by atoms with Crippen molar-refractivity contribution in [1.82, 2.24) is 14.9 Å². The Morgan fingerprint density at radius 2 is 1.91 bits per heavy atom. The van der Waals surface area contributed by atoms with Crippen molar-refractivity contribution in [3.05, 3.63) is 48.2 Å². The van der Waals surface area contributed by atoms with Crippen LogP contribution in [0.2, 0.25) is 0 Å². The van der Waals surface area contributed by atoms with Gasteiger partial charge in [0.2, 0.25) is 0 Å². The topological polar surface area (TPSA) is 75.3 Å². The minimum atomic E-state index is -0.356. The molecule has 114 valence electrons. The zero-order valence-corrected chi connectivity index (χ0v) is 11.9. The number of halogens is 1. The van der Waals surface area contributed by atoms with Crippen molar-refractivity contribution < 1.29 is 9.18 Å². The van der Waals surface area contributed by atoms with Crippen LogP contribution in [-0.2, 0) is 0 Å². The largest absolute Gasteiger partial charge is 0.399 e. The highest BCUT2D eigenvalue weighted by Crippen LogP contribution is 2.15. The summed E-state index contributed by atoms with van der Waals surface area (Å²) in [7, 11) is 0. The Morgan fingerprint density at radius 3 is 2.55 bits per heavy atom. The summed E-state index contributed by atoms with van der Waals surface area (Å²) in [4.78, 5) is 24.2. The van der Waals surface area contributed by atoms with E-state index in [-0.39, 0.29) is 11.7 Å². The van der Waals surface area contributed by atoms with E-state index in [0.717, 1.165) is 5.82 Å². The number of pyridine rings is 2. The zero-order chi connectivity index (χ0) is 15.5. The van der Waals surface area contributed by atoms with E-state index in [1.165, 1.54) is 18.5 Å². The lowest BCUT2D eigenvalue weighted by molar-refractivity contribution is 0.0740. The molecule has 0 spiro atoms. The number of hydrogen-bond donors (Lipinski definition) is 1. The molecule has 22 heavy (non-hydrogen) atoms. The average Bonchev–Trinajstić information content (AvgIpc) is 2.55. The van der Waals surface area contributed by atoms with E-state index < -0.39 is 0 Å². The summed E-state index contributed by atoms with van der Waals surface area (Å²) in [6.07, 6.45) is 2.73. The number of hydrogen-bond acceptors (Lipinski definition) is 5. The van der Waals surface area contributed by atoms with Gasteiger partial charge in [0.25, 0.3) is 5.91 Å². The normalized spacial score (nSPS) is 15.0. The summed E-state index contributed by atoms with van der Waals surface area (Å²) < 4.78 is 12.9. The van der Waals surface area contributed by atoms with E-state index in [9.17, 15) is 9.18 Å². The number of amides is 1. The number of carbonyl (C=O) groups is 1. The van der Waals surface area contributed by atoms with Crippen molar-refractivity contribution in [3.8, 4) is 0 Å². The van der Waals surface area contributed by atoms with Crippen LogP contribution in [0.25, 0.3) is 0 Å². The molecule has 6 nitrogen and oxygen atoms in total. The van der Waals surface area contributed by atoms with E-state index in [4.69, 9.17) is 5.73 Å². The first-order chi connectivity index (χ1) is 10.6. The fraction of sp³-hybridized carbons (Fsp3) is 0.267. The standard InChI is InChI=1S/C15H16FN5O/c16-11-1-2-14(19-10-11)20-5-7-21(8-6-20)15(22)13-9-12(17)3-4-18-13/h1-4,9-10H,5-8H2,(H2,17,18). The Hall–Kier alpha value is -2.70. The van der Waals surface area contributed by atoms with E-state index in [0.29, 0.717) is 37.6 Å². The van der Waals surface area contributed by atoms with Gasteiger partial charge in [0.05, 0.1) is 6.20 Å². The summed E-state index contributed by atoms with van der Waals surface area (Å²) in [5, 5.41) is 0. The lowest BCUT2D eigenvalue weighted by atomic mass is 10.2. The fourth-order valence-corrected chi connectivity index (χ4v) is 2.42. The predicted octanol–water partition coefficient (Wildman–Crippen LogP) is 1.16. The third-order valence-electron chi connectivity index (χ3n) is 3.61. The molecule has 0 saturated carbocycles. The molecule has 7 heteroatoms. The first-order valence-corrected chi connectivity index (χ1v) is 7.01. The highest BCUT2D eigenvalue weighted by molar-refractivity contribution is 5.93. The molecule has 1 aliphatic rings. The van der Waals surface area contributed by atoms with Crippen LogP contribution < -0.4 is 10.6 Å². The molecule has 1 fully saturated rings. The third kappa shape index (κ3) is 2.98. The summed E-state index contributed by atoms with van der Waals surface area (Å²) in [6.45, 7) is 2.42.